The first-order valence-electron chi connectivity index (χ1n) is 9.25. The van der Waals surface area contributed by atoms with Gasteiger partial charge in [0.1, 0.15) is 0 Å². The normalized spacial score (nSPS) is 31.8. The molecule has 136 valence electrons. The lowest BCUT2D eigenvalue weighted by molar-refractivity contribution is -0.119. The predicted molar refractivity (Wildman–Crippen MR) is 93.8 cm³/mol. The first-order chi connectivity index (χ1) is 11.7. The minimum Gasteiger partial charge on any atom is -0.373 e. The highest BCUT2D eigenvalue weighted by molar-refractivity contribution is 5.80. The molecule has 7 heteroatoms. The van der Waals surface area contributed by atoms with E-state index in [9.17, 15) is 4.79 Å². The molecular formula is C17H31N5O2. The van der Waals surface area contributed by atoms with Crippen LogP contribution >= 0.6 is 0 Å². The van der Waals surface area contributed by atoms with E-state index < -0.39 is 0 Å². The SMILES string of the molecule is CN=C(NCC1CN2CCCC2CO1)N1CCCC(CC(N)=O)C1. The highest BCUT2D eigenvalue weighted by Crippen LogP contribution is 2.22. The van der Waals surface area contributed by atoms with E-state index >= 15 is 0 Å². The van der Waals surface area contributed by atoms with Crippen molar-refractivity contribution in [3.8, 4) is 0 Å². The number of likely N-dealkylation sites (tertiary alicyclic amines) is 1. The Morgan fingerprint density at radius 3 is 2.92 bits per heavy atom. The maximum atomic E-state index is 11.2. The summed E-state index contributed by atoms with van der Waals surface area (Å²) in [6.45, 7) is 5.69. The Bertz CT molecular complexity index is 470. The number of nitrogens with zero attached hydrogens (tertiary/aromatic N) is 3. The second kappa shape index (κ2) is 8.16. The molecule has 7 nitrogen and oxygen atoms in total. The van der Waals surface area contributed by atoms with Crippen molar-refractivity contribution in [2.45, 2.75) is 44.2 Å². The zero-order valence-corrected chi connectivity index (χ0v) is 14.7. The zero-order valence-electron chi connectivity index (χ0n) is 14.7. The summed E-state index contributed by atoms with van der Waals surface area (Å²) in [6.07, 6.45) is 5.41. The molecule has 0 spiro atoms. The summed E-state index contributed by atoms with van der Waals surface area (Å²) in [5.41, 5.74) is 5.35. The molecule has 3 unspecified atom stereocenters. The highest BCUT2D eigenvalue weighted by Gasteiger charge is 2.32. The molecule has 3 aliphatic rings. The smallest absolute Gasteiger partial charge is 0.217 e. The Morgan fingerprint density at radius 1 is 1.29 bits per heavy atom. The van der Waals surface area contributed by atoms with Crippen LogP contribution in [0.3, 0.4) is 0 Å². The number of ether oxygens (including phenoxy) is 1. The van der Waals surface area contributed by atoms with Crippen molar-refractivity contribution < 1.29 is 9.53 Å². The van der Waals surface area contributed by atoms with Gasteiger partial charge in [0.15, 0.2) is 5.96 Å². The fourth-order valence-corrected chi connectivity index (χ4v) is 4.26. The molecule has 1 amide bonds. The fourth-order valence-electron chi connectivity index (χ4n) is 4.26. The molecule has 3 N–H and O–H groups in total. The van der Waals surface area contributed by atoms with Crippen LogP contribution in [-0.4, -0.2) is 80.2 Å². The van der Waals surface area contributed by atoms with Crippen molar-refractivity contribution >= 4 is 11.9 Å². The molecule has 0 aromatic heterocycles. The summed E-state index contributed by atoms with van der Waals surface area (Å²) in [4.78, 5) is 20.4. The molecule has 3 atom stereocenters. The molecule has 3 fully saturated rings. The maximum Gasteiger partial charge on any atom is 0.217 e. The third kappa shape index (κ3) is 4.39. The van der Waals surface area contributed by atoms with Gasteiger partial charge < -0.3 is 20.7 Å². The van der Waals surface area contributed by atoms with Crippen molar-refractivity contribution in [1.29, 1.82) is 0 Å². The zero-order chi connectivity index (χ0) is 16.9. The quantitative estimate of drug-likeness (QED) is 0.558. The second-order valence-electron chi connectivity index (χ2n) is 7.30. The number of primary amides is 1. The van der Waals surface area contributed by atoms with Crippen molar-refractivity contribution in [3.05, 3.63) is 0 Å². The summed E-state index contributed by atoms with van der Waals surface area (Å²) < 4.78 is 6.01. The molecule has 3 aliphatic heterocycles. The minimum absolute atomic E-state index is 0.208. The van der Waals surface area contributed by atoms with E-state index in [4.69, 9.17) is 10.5 Å². The minimum atomic E-state index is -0.208. The van der Waals surface area contributed by atoms with Gasteiger partial charge in [-0.3, -0.25) is 14.7 Å². The molecule has 0 aromatic rings. The number of amides is 1. The number of guanidine groups is 1. The Morgan fingerprint density at radius 2 is 2.12 bits per heavy atom. The van der Waals surface area contributed by atoms with Gasteiger partial charge in [0.2, 0.25) is 5.91 Å². The average Bonchev–Trinajstić information content (AvgIpc) is 3.03. The molecule has 0 aromatic carbocycles. The van der Waals surface area contributed by atoms with Gasteiger partial charge in [-0.1, -0.05) is 0 Å². The summed E-state index contributed by atoms with van der Waals surface area (Å²) in [7, 11) is 1.82. The third-order valence-electron chi connectivity index (χ3n) is 5.47. The number of aliphatic imine (C=N–C) groups is 1. The van der Waals surface area contributed by atoms with E-state index in [1.807, 2.05) is 7.05 Å². The van der Waals surface area contributed by atoms with Gasteiger partial charge in [0.05, 0.1) is 12.7 Å². The lowest BCUT2D eigenvalue weighted by Gasteiger charge is -2.37. The highest BCUT2D eigenvalue weighted by atomic mass is 16.5. The summed E-state index contributed by atoms with van der Waals surface area (Å²) >= 11 is 0. The van der Waals surface area contributed by atoms with Crippen LogP contribution in [0, 0.1) is 5.92 Å². The standard InChI is InChI=1S/C17H31N5O2/c1-19-17(22-7-2-4-13(10-22)8-16(18)23)20-9-15-11-21-6-3-5-14(21)12-24-15/h13-15H,2-12H2,1H3,(H2,18,23)(H,19,20). The number of rotatable bonds is 4. The molecular weight excluding hydrogens is 306 g/mol. The summed E-state index contributed by atoms with van der Waals surface area (Å²) in [6, 6.07) is 0.636. The van der Waals surface area contributed by atoms with Crippen LogP contribution in [0.15, 0.2) is 4.99 Å². The van der Waals surface area contributed by atoms with Crippen LogP contribution in [0.5, 0.6) is 0 Å². The number of carbonyl (C=O) groups is 1. The van der Waals surface area contributed by atoms with Crippen LogP contribution in [0.4, 0.5) is 0 Å². The van der Waals surface area contributed by atoms with Gasteiger partial charge in [0.25, 0.3) is 0 Å². The maximum absolute atomic E-state index is 11.2. The van der Waals surface area contributed by atoms with E-state index in [0.717, 1.165) is 51.6 Å². The van der Waals surface area contributed by atoms with Crippen molar-refractivity contribution in [2.24, 2.45) is 16.6 Å². The summed E-state index contributed by atoms with van der Waals surface area (Å²) in [5.74, 6) is 1.04. The number of hydrogen-bond acceptors (Lipinski definition) is 4. The Labute approximate surface area is 144 Å². The van der Waals surface area contributed by atoms with Gasteiger partial charge in [0, 0.05) is 45.7 Å². The van der Waals surface area contributed by atoms with E-state index in [2.05, 4.69) is 20.1 Å². The van der Waals surface area contributed by atoms with Crippen molar-refractivity contribution in [2.75, 3.05) is 46.4 Å². The Hall–Kier alpha value is -1.34. The third-order valence-corrected chi connectivity index (χ3v) is 5.47. The topological polar surface area (TPSA) is 83.2 Å². The van der Waals surface area contributed by atoms with Crippen LogP contribution < -0.4 is 11.1 Å². The lowest BCUT2D eigenvalue weighted by Crippen LogP contribution is -2.53. The van der Waals surface area contributed by atoms with Gasteiger partial charge in [-0.15, -0.1) is 0 Å². The number of carbonyl (C=O) groups excluding carboxylic acids is 1. The van der Waals surface area contributed by atoms with E-state index in [0.29, 0.717) is 18.4 Å². The molecule has 0 saturated carbocycles. The van der Waals surface area contributed by atoms with Gasteiger partial charge in [-0.25, -0.2) is 0 Å². The molecule has 24 heavy (non-hydrogen) atoms. The molecule has 0 aliphatic carbocycles. The number of nitrogens with two attached hydrogens (primary N) is 1. The first kappa shape index (κ1) is 17.5. The number of morpholine rings is 1. The molecule has 3 heterocycles. The Balaban J connectivity index is 1.47. The summed E-state index contributed by atoms with van der Waals surface area (Å²) in [5, 5.41) is 3.47. The van der Waals surface area contributed by atoms with Crippen LogP contribution in [0.2, 0.25) is 0 Å². The predicted octanol–water partition coefficient (Wildman–Crippen LogP) is 0.0124. The number of piperidine rings is 1. The average molecular weight is 337 g/mol. The van der Waals surface area contributed by atoms with E-state index in [-0.39, 0.29) is 12.0 Å². The van der Waals surface area contributed by atoms with E-state index in [1.165, 1.54) is 19.4 Å². The van der Waals surface area contributed by atoms with Gasteiger partial charge in [-0.05, 0) is 38.1 Å². The molecule has 0 bridgehead atoms. The molecule has 3 saturated heterocycles. The van der Waals surface area contributed by atoms with E-state index in [1.54, 1.807) is 0 Å². The second-order valence-corrected chi connectivity index (χ2v) is 7.30. The molecule has 0 radical (unpaired) electrons. The van der Waals surface area contributed by atoms with Crippen LogP contribution in [0.1, 0.15) is 32.1 Å². The van der Waals surface area contributed by atoms with Crippen molar-refractivity contribution in [3.63, 3.8) is 0 Å². The van der Waals surface area contributed by atoms with Crippen LogP contribution in [0.25, 0.3) is 0 Å². The Kier molecular flexibility index (Phi) is 5.94. The fraction of sp³-hybridized carbons (Fsp3) is 0.882. The van der Waals surface area contributed by atoms with Gasteiger partial charge in [-0.2, -0.15) is 0 Å². The number of hydrogen-bond donors (Lipinski definition) is 2. The van der Waals surface area contributed by atoms with Crippen LogP contribution in [-0.2, 0) is 9.53 Å². The largest absolute Gasteiger partial charge is 0.373 e. The first-order valence-corrected chi connectivity index (χ1v) is 9.25. The van der Waals surface area contributed by atoms with Gasteiger partial charge >= 0.3 is 0 Å². The van der Waals surface area contributed by atoms with Crippen molar-refractivity contribution in [1.82, 2.24) is 15.1 Å². The monoisotopic (exact) mass is 337 g/mol. The number of fused-ring (bicyclic) bond motifs is 1. The molecule has 3 rings (SSSR count). The number of nitrogens with one attached hydrogen (secondary N) is 1. The lowest BCUT2D eigenvalue weighted by atomic mass is 9.95.